The van der Waals surface area contributed by atoms with Crippen molar-refractivity contribution in [3.05, 3.63) is 75.1 Å². The number of para-hydroxylation sites is 1. The van der Waals surface area contributed by atoms with Crippen LogP contribution >= 0.6 is 11.6 Å². The molecule has 1 aliphatic heterocycles. The molecule has 0 saturated heterocycles. The highest BCUT2D eigenvalue weighted by Crippen LogP contribution is 2.29. The summed E-state index contributed by atoms with van der Waals surface area (Å²) in [6.07, 6.45) is 0.784. The number of benzene rings is 2. The van der Waals surface area contributed by atoms with E-state index in [2.05, 4.69) is 0 Å². The summed E-state index contributed by atoms with van der Waals surface area (Å²) in [5.74, 6) is -0.342. The number of rotatable bonds is 1. The summed E-state index contributed by atoms with van der Waals surface area (Å²) in [6.45, 7) is 0.561. The largest absolute Gasteiger partial charge is 0.422 e. The van der Waals surface area contributed by atoms with E-state index >= 15 is 0 Å². The maximum Gasteiger partial charge on any atom is 0.349 e. The molecule has 0 unspecified atom stereocenters. The molecular weight excluding hydrogens is 314 g/mol. The number of nitrogens with zero attached hydrogens (tertiary/aromatic N) is 1. The van der Waals surface area contributed by atoms with E-state index in [1.54, 1.807) is 29.2 Å². The molecule has 0 spiro atoms. The molecule has 0 atom stereocenters. The number of carbonyl (C=O) groups excluding carboxylic acids is 1. The lowest BCUT2D eigenvalue weighted by Crippen LogP contribution is -2.32. The van der Waals surface area contributed by atoms with Crippen molar-refractivity contribution in [3.63, 3.8) is 0 Å². The van der Waals surface area contributed by atoms with Crippen molar-refractivity contribution in [2.24, 2.45) is 0 Å². The molecule has 2 aromatic carbocycles. The highest BCUT2D eigenvalue weighted by molar-refractivity contribution is 6.31. The van der Waals surface area contributed by atoms with Gasteiger partial charge < -0.3 is 9.32 Å². The van der Waals surface area contributed by atoms with Gasteiger partial charge >= 0.3 is 5.63 Å². The summed E-state index contributed by atoms with van der Waals surface area (Å²) >= 11 is 5.97. The van der Waals surface area contributed by atoms with Crippen LogP contribution in [0.1, 0.15) is 15.9 Å². The van der Waals surface area contributed by atoms with Crippen molar-refractivity contribution in [3.8, 4) is 0 Å². The van der Waals surface area contributed by atoms with Gasteiger partial charge in [0.25, 0.3) is 5.91 Å². The van der Waals surface area contributed by atoms with Gasteiger partial charge in [0.1, 0.15) is 11.1 Å². The molecule has 1 aliphatic rings. The predicted octanol–water partition coefficient (Wildman–Crippen LogP) is 3.65. The predicted molar refractivity (Wildman–Crippen MR) is 89.3 cm³/mol. The summed E-state index contributed by atoms with van der Waals surface area (Å²) in [4.78, 5) is 26.6. The number of hydrogen-bond acceptors (Lipinski definition) is 3. The van der Waals surface area contributed by atoms with Gasteiger partial charge in [-0.3, -0.25) is 4.79 Å². The lowest BCUT2D eigenvalue weighted by Gasteiger charge is -2.16. The van der Waals surface area contributed by atoms with Crippen LogP contribution in [0.2, 0.25) is 5.02 Å². The van der Waals surface area contributed by atoms with E-state index in [0.29, 0.717) is 22.5 Å². The number of amides is 1. The van der Waals surface area contributed by atoms with E-state index in [4.69, 9.17) is 16.0 Å². The molecule has 3 aromatic rings. The smallest absolute Gasteiger partial charge is 0.349 e. The lowest BCUT2D eigenvalue weighted by atomic mass is 10.1. The van der Waals surface area contributed by atoms with Crippen molar-refractivity contribution in [2.75, 3.05) is 11.4 Å². The minimum atomic E-state index is -0.630. The van der Waals surface area contributed by atoms with Gasteiger partial charge in [-0.2, -0.15) is 0 Å². The average molecular weight is 326 g/mol. The fraction of sp³-hybridized carbons (Fsp3) is 0.111. The van der Waals surface area contributed by atoms with Crippen molar-refractivity contribution < 1.29 is 9.21 Å². The quantitative estimate of drug-likeness (QED) is 0.642. The first-order chi connectivity index (χ1) is 11.1. The van der Waals surface area contributed by atoms with E-state index in [9.17, 15) is 9.59 Å². The third-order valence-corrected chi connectivity index (χ3v) is 4.29. The van der Waals surface area contributed by atoms with Crippen LogP contribution in [0.15, 0.2) is 57.7 Å². The van der Waals surface area contributed by atoms with Crippen LogP contribution in [0, 0.1) is 0 Å². The van der Waals surface area contributed by atoms with E-state index in [1.165, 1.54) is 0 Å². The molecule has 0 saturated carbocycles. The van der Waals surface area contributed by atoms with Gasteiger partial charge in [0.15, 0.2) is 0 Å². The third kappa shape index (κ3) is 2.32. The molecule has 0 aliphatic carbocycles. The lowest BCUT2D eigenvalue weighted by molar-refractivity contribution is 0.0986. The molecule has 4 rings (SSSR count). The molecule has 0 bridgehead atoms. The number of hydrogen-bond donors (Lipinski definition) is 0. The highest BCUT2D eigenvalue weighted by atomic mass is 35.5. The van der Waals surface area contributed by atoms with Gasteiger partial charge in [0, 0.05) is 22.6 Å². The van der Waals surface area contributed by atoms with Gasteiger partial charge in [-0.1, -0.05) is 29.8 Å². The first kappa shape index (κ1) is 14.0. The van der Waals surface area contributed by atoms with Gasteiger partial charge in [-0.15, -0.1) is 0 Å². The Bertz CT molecular complexity index is 993. The Morgan fingerprint density at radius 2 is 1.96 bits per heavy atom. The molecule has 0 fully saturated rings. The second kappa shape index (κ2) is 5.25. The second-order valence-electron chi connectivity index (χ2n) is 5.47. The van der Waals surface area contributed by atoms with Crippen molar-refractivity contribution in [2.45, 2.75) is 6.42 Å². The van der Waals surface area contributed by atoms with Crippen LogP contribution in [-0.4, -0.2) is 12.5 Å². The minimum absolute atomic E-state index is 0.0245. The van der Waals surface area contributed by atoms with Crippen molar-refractivity contribution in [1.29, 1.82) is 0 Å². The Morgan fingerprint density at radius 3 is 2.83 bits per heavy atom. The zero-order valence-electron chi connectivity index (χ0n) is 12.1. The van der Waals surface area contributed by atoms with Crippen LogP contribution in [0.5, 0.6) is 0 Å². The molecule has 0 N–H and O–H groups in total. The Labute approximate surface area is 136 Å². The third-order valence-electron chi connectivity index (χ3n) is 4.06. The summed E-state index contributed by atoms with van der Waals surface area (Å²) in [6, 6.07) is 14.2. The molecule has 4 nitrogen and oxygen atoms in total. The maximum absolute atomic E-state index is 12.8. The normalized spacial score (nSPS) is 13.3. The van der Waals surface area contributed by atoms with Crippen LogP contribution in [0.25, 0.3) is 11.0 Å². The fourth-order valence-corrected chi connectivity index (χ4v) is 3.12. The van der Waals surface area contributed by atoms with Crippen LogP contribution < -0.4 is 10.5 Å². The standard InChI is InChI=1S/C18H12ClNO3/c19-13-5-6-16-12(9-13)10-14(18(22)23-16)17(21)20-8-7-11-3-1-2-4-15(11)20/h1-6,9-10H,7-8H2. The fourth-order valence-electron chi connectivity index (χ4n) is 2.94. The second-order valence-corrected chi connectivity index (χ2v) is 5.90. The zero-order chi connectivity index (χ0) is 16.0. The topological polar surface area (TPSA) is 50.5 Å². The van der Waals surface area contributed by atoms with Gasteiger partial charge in [0.05, 0.1) is 0 Å². The van der Waals surface area contributed by atoms with Crippen molar-refractivity contribution in [1.82, 2.24) is 0 Å². The number of carbonyl (C=O) groups is 1. The van der Waals surface area contributed by atoms with Crippen molar-refractivity contribution >= 4 is 34.2 Å². The summed E-state index contributed by atoms with van der Waals surface area (Å²) in [7, 11) is 0. The van der Waals surface area contributed by atoms with Gasteiger partial charge in [-0.25, -0.2) is 4.79 Å². The molecule has 23 heavy (non-hydrogen) atoms. The number of fused-ring (bicyclic) bond motifs is 2. The molecule has 1 aromatic heterocycles. The minimum Gasteiger partial charge on any atom is -0.422 e. The Balaban J connectivity index is 1.82. The number of halogens is 1. The summed E-state index contributed by atoms with van der Waals surface area (Å²) < 4.78 is 5.25. The van der Waals surface area contributed by atoms with E-state index < -0.39 is 5.63 Å². The van der Waals surface area contributed by atoms with E-state index in [-0.39, 0.29) is 11.5 Å². The average Bonchev–Trinajstić information content (AvgIpc) is 2.98. The van der Waals surface area contributed by atoms with Crippen LogP contribution in [0.3, 0.4) is 0 Å². The first-order valence-electron chi connectivity index (χ1n) is 7.27. The molecule has 0 radical (unpaired) electrons. The van der Waals surface area contributed by atoms with Crippen LogP contribution in [0.4, 0.5) is 5.69 Å². The van der Waals surface area contributed by atoms with Gasteiger partial charge in [0.2, 0.25) is 0 Å². The maximum atomic E-state index is 12.8. The highest BCUT2D eigenvalue weighted by Gasteiger charge is 2.27. The molecular formula is C18H12ClNO3. The molecule has 114 valence electrons. The van der Waals surface area contributed by atoms with E-state index in [0.717, 1.165) is 17.7 Å². The van der Waals surface area contributed by atoms with Crippen LogP contribution in [-0.2, 0) is 6.42 Å². The number of anilines is 1. The monoisotopic (exact) mass is 325 g/mol. The van der Waals surface area contributed by atoms with E-state index in [1.807, 2.05) is 24.3 Å². The molecule has 5 heteroatoms. The zero-order valence-corrected chi connectivity index (χ0v) is 12.8. The molecule has 2 heterocycles. The SMILES string of the molecule is O=C(c1cc2cc(Cl)ccc2oc1=O)N1CCc2ccccc21. The first-order valence-corrected chi connectivity index (χ1v) is 7.64. The van der Waals surface area contributed by atoms with Gasteiger partial charge in [-0.05, 0) is 42.3 Å². The Hall–Kier alpha value is -2.59. The Morgan fingerprint density at radius 1 is 1.13 bits per heavy atom. The summed E-state index contributed by atoms with van der Waals surface area (Å²) in [5, 5.41) is 1.16. The molecule has 1 amide bonds. The summed E-state index contributed by atoms with van der Waals surface area (Å²) in [5.41, 5.74) is 1.76. The Kier molecular flexibility index (Phi) is 3.20.